The first-order chi connectivity index (χ1) is 11.1. The zero-order chi connectivity index (χ0) is 16.0. The smallest absolute Gasteiger partial charge is 0.147 e. The van der Waals surface area contributed by atoms with Gasteiger partial charge < -0.3 is 4.42 Å². The molecular weight excluding hydrogens is 284 g/mol. The lowest BCUT2D eigenvalue weighted by Gasteiger charge is -2.12. The third-order valence-corrected chi connectivity index (χ3v) is 4.64. The van der Waals surface area contributed by atoms with Gasteiger partial charge in [-0.25, -0.2) is 0 Å². The summed E-state index contributed by atoms with van der Waals surface area (Å²) in [6.07, 6.45) is 11.0. The number of hydrogen-bond acceptors (Lipinski definition) is 3. The Labute approximate surface area is 136 Å². The average Bonchev–Trinajstić information content (AvgIpc) is 2.94. The van der Waals surface area contributed by atoms with Crippen LogP contribution in [0.4, 0.5) is 0 Å². The van der Waals surface area contributed by atoms with E-state index in [4.69, 9.17) is 4.42 Å². The molecule has 3 heterocycles. The van der Waals surface area contributed by atoms with E-state index in [1.54, 1.807) is 0 Å². The third kappa shape index (κ3) is 2.27. The van der Waals surface area contributed by atoms with Gasteiger partial charge >= 0.3 is 0 Å². The molecule has 0 saturated heterocycles. The molecule has 3 heteroatoms. The minimum absolute atomic E-state index is 0.463. The summed E-state index contributed by atoms with van der Waals surface area (Å²) < 4.78 is 6.16. The Morgan fingerprint density at radius 3 is 2.78 bits per heavy atom. The lowest BCUT2D eigenvalue weighted by molar-refractivity contribution is 0.587. The first kappa shape index (κ1) is 14.2. The maximum Gasteiger partial charge on any atom is 0.147 e. The van der Waals surface area contributed by atoms with E-state index < -0.39 is 0 Å². The molecule has 1 unspecified atom stereocenters. The van der Waals surface area contributed by atoms with Crippen LogP contribution < -0.4 is 0 Å². The molecule has 0 spiro atoms. The summed E-state index contributed by atoms with van der Waals surface area (Å²) in [7, 11) is 0. The minimum Gasteiger partial charge on any atom is -0.456 e. The monoisotopic (exact) mass is 304 g/mol. The van der Waals surface area contributed by atoms with Gasteiger partial charge in [-0.1, -0.05) is 32.9 Å². The standard InChI is InChI=1S/C20H20N2O/c1-12(2)14-7-8-17(22-9-14)15-10-21-11-16-19-13(3)5-4-6-18(19)23-20(15)16/h4,6-13H,5H2,1-3H3. The molecule has 0 saturated carbocycles. The topological polar surface area (TPSA) is 38.9 Å². The van der Waals surface area contributed by atoms with Gasteiger partial charge in [0.25, 0.3) is 0 Å². The summed E-state index contributed by atoms with van der Waals surface area (Å²) in [6, 6.07) is 4.20. The molecule has 1 atom stereocenters. The maximum absolute atomic E-state index is 6.16. The van der Waals surface area contributed by atoms with E-state index in [0.717, 1.165) is 34.4 Å². The van der Waals surface area contributed by atoms with E-state index >= 15 is 0 Å². The number of nitrogens with zero attached hydrogens (tertiary/aromatic N) is 2. The number of fused-ring (bicyclic) bond motifs is 3. The van der Waals surface area contributed by atoms with Gasteiger partial charge in [0, 0.05) is 29.5 Å². The van der Waals surface area contributed by atoms with Gasteiger partial charge in [0.15, 0.2) is 0 Å². The van der Waals surface area contributed by atoms with Crippen molar-refractivity contribution >= 4 is 17.0 Å². The predicted molar refractivity (Wildman–Crippen MR) is 93.4 cm³/mol. The van der Waals surface area contributed by atoms with Gasteiger partial charge in [-0.2, -0.15) is 0 Å². The number of hydrogen-bond donors (Lipinski definition) is 0. The predicted octanol–water partition coefficient (Wildman–Crippen LogP) is 5.53. The summed E-state index contributed by atoms with van der Waals surface area (Å²) >= 11 is 0. The van der Waals surface area contributed by atoms with E-state index in [1.807, 2.05) is 18.6 Å². The molecule has 1 aliphatic carbocycles. The van der Waals surface area contributed by atoms with Gasteiger partial charge in [0.2, 0.25) is 0 Å². The molecule has 3 nitrogen and oxygen atoms in total. The Morgan fingerprint density at radius 2 is 2.04 bits per heavy atom. The molecule has 3 aromatic heterocycles. The van der Waals surface area contributed by atoms with Crippen molar-refractivity contribution in [2.45, 2.75) is 39.0 Å². The zero-order valence-electron chi connectivity index (χ0n) is 13.7. The molecule has 116 valence electrons. The van der Waals surface area contributed by atoms with Gasteiger partial charge in [-0.15, -0.1) is 0 Å². The highest BCUT2D eigenvalue weighted by Gasteiger charge is 2.22. The molecule has 0 bridgehead atoms. The molecule has 1 aliphatic rings. The van der Waals surface area contributed by atoms with Gasteiger partial charge in [-0.3, -0.25) is 9.97 Å². The molecule has 0 radical (unpaired) electrons. The number of furan rings is 1. The molecule has 0 aliphatic heterocycles. The molecule has 0 amide bonds. The summed E-state index contributed by atoms with van der Waals surface area (Å²) in [5.74, 6) is 1.91. The fourth-order valence-electron chi connectivity index (χ4n) is 3.27. The van der Waals surface area contributed by atoms with Crippen LogP contribution in [0.2, 0.25) is 0 Å². The SMILES string of the molecule is CC(C)c1ccc(-c2cncc3c4c(oc23)C=CCC4C)nc1. The highest BCUT2D eigenvalue weighted by Crippen LogP contribution is 2.40. The number of pyridine rings is 2. The first-order valence-electron chi connectivity index (χ1n) is 8.18. The fourth-order valence-corrected chi connectivity index (χ4v) is 3.27. The van der Waals surface area contributed by atoms with Crippen LogP contribution in [-0.2, 0) is 0 Å². The van der Waals surface area contributed by atoms with Crippen molar-refractivity contribution in [3.05, 3.63) is 53.7 Å². The van der Waals surface area contributed by atoms with Crippen LogP contribution in [0.3, 0.4) is 0 Å². The Balaban J connectivity index is 1.89. The zero-order valence-corrected chi connectivity index (χ0v) is 13.7. The van der Waals surface area contributed by atoms with Crippen molar-refractivity contribution in [3.8, 4) is 11.3 Å². The average molecular weight is 304 g/mol. The van der Waals surface area contributed by atoms with Gasteiger partial charge in [-0.05, 0) is 36.0 Å². The van der Waals surface area contributed by atoms with Crippen LogP contribution in [0.1, 0.15) is 55.9 Å². The van der Waals surface area contributed by atoms with Crippen LogP contribution in [0.25, 0.3) is 28.3 Å². The quantitative estimate of drug-likeness (QED) is 0.624. The van der Waals surface area contributed by atoms with Crippen molar-refractivity contribution in [3.63, 3.8) is 0 Å². The normalized spacial score (nSPS) is 17.0. The Kier molecular flexibility index (Phi) is 3.29. The number of aromatic nitrogens is 2. The van der Waals surface area contributed by atoms with Crippen molar-refractivity contribution in [1.29, 1.82) is 0 Å². The van der Waals surface area contributed by atoms with Crippen molar-refractivity contribution in [2.24, 2.45) is 0 Å². The van der Waals surface area contributed by atoms with Crippen LogP contribution in [0.5, 0.6) is 0 Å². The maximum atomic E-state index is 6.16. The second-order valence-electron chi connectivity index (χ2n) is 6.61. The van der Waals surface area contributed by atoms with E-state index in [1.165, 1.54) is 11.1 Å². The Bertz CT molecular complexity index is 888. The minimum atomic E-state index is 0.463. The fraction of sp³-hybridized carbons (Fsp3) is 0.300. The van der Waals surface area contributed by atoms with Crippen LogP contribution in [0, 0.1) is 0 Å². The Morgan fingerprint density at radius 1 is 1.17 bits per heavy atom. The molecule has 0 fully saturated rings. The largest absolute Gasteiger partial charge is 0.456 e. The van der Waals surface area contributed by atoms with Gasteiger partial charge in [0.1, 0.15) is 11.3 Å². The highest BCUT2D eigenvalue weighted by molar-refractivity contribution is 5.95. The summed E-state index contributed by atoms with van der Waals surface area (Å²) in [4.78, 5) is 9.06. The first-order valence-corrected chi connectivity index (χ1v) is 8.18. The molecule has 4 rings (SSSR count). The molecule has 0 aromatic carbocycles. The van der Waals surface area contributed by atoms with E-state index in [0.29, 0.717) is 11.8 Å². The highest BCUT2D eigenvalue weighted by atomic mass is 16.3. The van der Waals surface area contributed by atoms with Crippen molar-refractivity contribution in [2.75, 3.05) is 0 Å². The van der Waals surface area contributed by atoms with Crippen LogP contribution >= 0.6 is 0 Å². The Hall–Kier alpha value is -2.42. The second kappa shape index (κ2) is 5.34. The summed E-state index contributed by atoms with van der Waals surface area (Å²) in [5.41, 5.74) is 5.29. The lowest BCUT2D eigenvalue weighted by Crippen LogP contribution is -1.96. The third-order valence-electron chi connectivity index (χ3n) is 4.64. The molecular formula is C20H20N2O. The van der Waals surface area contributed by atoms with E-state index in [2.05, 4.69) is 55.0 Å². The number of rotatable bonds is 2. The second-order valence-corrected chi connectivity index (χ2v) is 6.61. The number of allylic oxidation sites excluding steroid dienone is 1. The van der Waals surface area contributed by atoms with Crippen LogP contribution in [0.15, 0.2) is 41.2 Å². The van der Waals surface area contributed by atoms with Crippen molar-refractivity contribution in [1.82, 2.24) is 9.97 Å². The lowest BCUT2D eigenvalue weighted by atomic mass is 9.91. The van der Waals surface area contributed by atoms with Crippen LogP contribution in [-0.4, -0.2) is 9.97 Å². The molecule has 23 heavy (non-hydrogen) atoms. The van der Waals surface area contributed by atoms with Crippen molar-refractivity contribution < 1.29 is 4.42 Å². The van der Waals surface area contributed by atoms with Gasteiger partial charge in [0.05, 0.1) is 11.3 Å². The molecule has 0 N–H and O–H groups in total. The summed E-state index contributed by atoms with van der Waals surface area (Å²) in [5, 5.41) is 1.11. The summed E-state index contributed by atoms with van der Waals surface area (Å²) in [6.45, 7) is 6.58. The molecule has 3 aromatic rings. The van der Waals surface area contributed by atoms with E-state index in [9.17, 15) is 0 Å². The van der Waals surface area contributed by atoms with E-state index in [-0.39, 0.29) is 0 Å².